The van der Waals surface area contributed by atoms with Gasteiger partial charge < -0.3 is 15.1 Å². The van der Waals surface area contributed by atoms with Crippen LogP contribution in [-0.2, 0) is 9.59 Å². The molecule has 1 saturated carbocycles. The van der Waals surface area contributed by atoms with Crippen molar-refractivity contribution in [3.05, 3.63) is 66.1 Å². The minimum atomic E-state index is -0.379. The lowest BCUT2D eigenvalue weighted by molar-refractivity contribution is -0.134. The molecule has 2 N–H and O–H groups in total. The summed E-state index contributed by atoms with van der Waals surface area (Å²) in [5.41, 5.74) is 5.13. The van der Waals surface area contributed by atoms with Gasteiger partial charge in [0, 0.05) is 69.3 Å². The smallest absolute Gasteiger partial charge is 0.234 e. The molecule has 5 fully saturated rings. The third-order valence-electron chi connectivity index (χ3n) is 12.6. The lowest BCUT2D eigenvalue weighted by atomic mass is 9.91. The number of rotatable bonds is 9. The number of amides is 2. The fourth-order valence-electron chi connectivity index (χ4n) is 9.15. The fraction of sp³-hybridized carbons (Fsp3) is 0.429. The van der Waals surface area contributed by atoms with Crippen molar-refractivity contribution in [3.8, 4) is 40.4 Å². The van der Waals surface area contributed by atoms with Gasteiger partial charge in [0.05, 0.1) is 45.7 Å². The first-order chi connectivity index (χ1) is 27.8. The predicted octanol–water partition coefficient (Wildman–Crippen LogP) is 4.85. The lowest BCUT2D eigenvalue weighted by Gasteiger charge is -2.43. The normalized spacial score (nSPS) is 23.3. The molecule has 5 aliphatic rings. The number of nitriles is 1. The average Bonchev–Trinajstić information content (AvgIpc) is 3.50. The van der Waals surface area contributed by atoms with Crippen LogP contribution in [0.1, 0.15) is 68.4 Å². The number of hydrogen-bond acceptors (Lipinski definition) is 13. The lowest BCUT2D eigenvalue weighted by Crippen LogP contribution is -2.55. The molecule has 0 aromatic carbocycles. The first-order valence-corrected chi connectivity index (χ1v) is 20.7. The Kier molecular flexibility index (Phi) is 8.87. The Balaban J connectivity index is 0.791. The van der Waals surface area contributed by atoms with Crippen LogP contribution >= 0.6 is 11.3 Å². The zero-order chi connectivity index (χ0) is 38.7. The SMILES string of the molecule is C#CC1(Nc2cc(-c3ccc4cc(C#N)cnn34)ncc2-c2nnc(N3CC4CCC(C3)N4CC3CCN(c4ccc([C@H]5CCC(=O)NC5=O)cn4)CC3)s2)CC1. The number of piperazine rings is 1. The molecule has 10 rings (SSSR count). The molecule has 15 heteroatoms. The molecule has 0 spiro atoms. The molecule has 5 aromatic heterocycles. The fourth-order valence-corrected chi connectivity index (χ4v) is 10.0. The molecule has 1 aliphatic carbocycles. The van der Waals surface area contributed by atoms with Gasteiger partial charge in [-0.05, 0) is 86.8 Å². The molecule has 4 aliphatic heterocycles. The molecular weight excluding hydrogens is 737 g/mol. The molecule has 5 aromatic rings. The molecule has 0 radical (unpaired) electrons. The van der Waals surface area contributed by atoms with Gasteiger partial charge in [-0.3, -0.25) is 24.8 Å². The largest absolute Gasteiger partial charge is 0.368 e. The van der Waals surface area contributed by atoms with Crippen LogP contribution in [0.3, 0.4) is 0 Å². The summed E-state index contributed by atoms with van der Waals surface area (Å²) in [6.45, 7) is 4.94. The molecular formula is C42H42N12O2S. The minimum absolute atomic E-state index is 0.198. The summed E-state index contributed by atoms with van der Waals surface area (Å²) >= 11 is 1.61. The first kappa shape index (κ1) is 35.5. The first-order valence-electron chi connectivity index (χ1n) is 19.9. The van der Waals surface area contributed by atoms with Gasteiger partial charge in [0.15, 0.2) is 5.01 Å². The summed E-state index contributed by atoms with van der Waals surface area (Å²) in [5.74, 6) is 3.82. The second-order valence-electron chi connectivity index (χ2n) is 16.1. The second-order valence-corrected chi connectivity index (χ2v) is 17.1. The maximum atomic E-state index is 12.3. The van der Waals surface area contributed by atoms with Gasteiger partial charge in [-0.25, -0.2) is 9.50 Å². The van der Waals surface area contributed by atoms with Crippen molar-refractivity contribution in [3.63, 3.8) is 0 Å². The van der Waals surface area contributed by atoms with Crippen molar-refractivity contribution < 1.29 is 9.59 Å². The Morgan fingerprint density at radius 3 is 2.49 bits per heavy atom. The molecule has 2 bridgehead atoms. The van der Waals surface area contributed by atoms with Gasteiger partial charge in [-0.2, -0.15) is 10.4 Å². The van der Waals surface area contributed by atoms with Crippen LogP contribution in [0.15, 0.2) is 55.0 Å². The number of pyridine rings is 2. The van der Waals surface area contributed by atoms with Crippen LogP contribution in [0.4, 0.5) is 16.6 Å². The molecule has 14 nitrogen and oxygen atoms in total. The Labute approximate surface area is 334 Å². The Bertz CT molecular complexity index is 2440. The topological polar surface area (TPSA) is 161 Å². The van der Waals surface area contributed by atoms with E-state index in [9.17, 15) is 14.9 Å². The highest BCUT2D eigenvalue weighted by Gasteiger charge is 2.43. The van der Waals surface area contributed by atoms with E-state index < -0.39 is 0 Å². The van der Waals surface area contributed by atoms with E-state index in [4.69, 9.17) is 26.6 Å². The monoisotopic (exact) mass is 778 g/mol. The number of carbonyl (C=O) groups is 2. The zero-order valence-electron chi connectivity index (χ0n) is 31.5. The van der Waals surface area contributed by atoms with E-state index in [1.165, 1.54) is 12.8 Å². The Hall–Kier alpha value is -5.90. The van der Waals surface area contributed by atoms with E-state index in [1.54, 1.807) is 22.0 Å². The van der Waals surface area contributed by atoms with Gasteiger partial charge in [0.2, 0.25) is 16.9 Å². The number of nitrogens with zero attached hydrogens (tertiary/aromatic N) is 10. The van der Waals surface area contributed by atoms with E-state index in [0.717, 1.165) is 108 Å². The van der Waals surface area contributed by atoms with Crippen LogP contribution in [0.25, 0.3) is 27.5 Å². The summed E-state index contributed by atoms with van der Waals surface area (Å²) in [6, 6.07) is 14.9. The highest BCUT2D eigenvalue weighted by atomic mass is 32.1. The zero-order valence-corrected chi connectivity index (χ0v) is 32.3. The number of piperidine rings is 2. The minimum Gasteiger partial charge on any atom is -0.368 e. The van der Waals surface area contributed by atoms with Crippen LogP contribution in [0.2, 0.25) is 0 Å². The standard InChI is InChI=1S/C42H42N12O2S/c1-2-42(13-14-42)48-34-18-35(36-8-6-29-17-27(19-43)20-46-54(29)36)44-22-33(34)40-49-50-41(57-40)52-24-30-4-5-31(25-52)53(30)23-26-11-15-51(16-12-26)37-9-3-28(21-45-37)32-7-10-38(55)47-39(32)56/h1,3,6,8-9,17-18,20-22,26,30-32H,4-5,7,10-16,23-25H2,(H,44,48)(H,47,55,56)/t30?,31?,32-/m1/s1. The van der Waals surface area contributed by atoms with Crippen molar-refractivity contribution >= 4 is 45.3 Å². The molecule has 288 valence electrons. The number of aromatic nitrogens is 6. The van der Waals surface area contributed by atoms with Crippen LogP contribution in [0.5, 0.6) is 0 Å². The maximum Gasteiger partial charge on any atom is 0.234 e. The molecule has 9 heterocycles. The van der Waals surface area contributed by atoms with Gasteiger partial charge in [-0.1, -0.05) is 23.3 Å². The molecule has 57 heavy (non-hydrogen) atoms. The van der Waals surface area contributed by atoms with E-state index in [2.05, 4.69) is 42.4 Å². The molecule has 2 amide bonds. The summed E-state index contributed by atoms with van der Waals surface area (Å²) in [5, 5.41) is 31.1. The number of anilines is 3. The van der Waals surface area contributed by atoms with Crippen LogP contribution < -0.4 is 20.4 Å². The number of imide groups is 1. The predicted molar refractivity (Wildman–Crippen MR) is 216 cm³/mol. The van der Waals surface area contributed by atoms with Crippen molar-refractivity contribution in [2.75, 3.05) is 47.8 Å². The third kappa shape index (κ3) is 6.74. The van der Waals surface area contributed by atoms with Crippen molar-refractivity contribution in [2.45, 2.75) is 74.9 Å². The van der Waals surface area contributed by atoms with Crippen LogP contribution in [-0.4, -0.2) is 96.8 Å². The number of nitrogens with one attached hydrogen (secondary N) is 2. The Morgan fingerprint density at radius 2 is 1.77 bits per heavy atom. The maximum absolute atomic E-state index is 12.3. The molecule has 3 atom stereocenters. The quantitative estimate of drug-likeness (QED) is 0.155. The van der Waals surface area contributed by atoms with Gasteiger partial charge >= 0.3 is 0 Å². The van der Waals surface area contributed by atoms with Gasteiger partial charge in [0.25, 0.3) is 0 Å². The number of carbonyl (C=O) groups excluding carboxylic acids is 2. The van der Waals surface area contributed by atoms with Crippen LogP contribution in [0, 0.1) is 29.6 Å². The average molecular weight is 779 g/mol. The van der Waals surface area contributed by atoms with E-state index in [1.807, 2.05) is 48.8 Å². The highest BCUT2D eigenvalue weighted by molar-refractivity contribution is 7.18. The van der Waals surface area contributed by atoms with E-state index >= 15 is 0 Å². The third-order valence-corrected chi connectivity index (χ3v) is 13.6. The summed E-state index contributed by atoms with van der Waals surface area (Å²) < 4.78 is 1.80. The second kappa shape index (κ2) is 14.2. The number of fused-ring (bicyclic) bond motifs is 3. The van der Waals surface area contributed by atoms with Gasteiger partial charge in [-0.15, -0.1) is 16.6 Å². The number of terminal acetylenes is 1. The molecule has 4 saturated heterocycles. The van der Waals surface area contributed by atoms with Gasteiger partial charge in [0.1, 0.15) is 11.9 Å². The van der Waals surface area contributed by atoms with Crippen molar-refractivity contribution in [1.29, 1.82) is 5.26 Å². The molecule has 2 unspecified atom stereocenters. The van der Waals surface area contributed by atoms with E-state index in [-0.39, 0.29) is 23.3 Å². The van der Waals surface area contributed by atoms with Crippen molar-refractivity contribution in [2.24, 2.45) is 5.92 Å². The summed E-state index contributed by atoms with van der Waals surface area (Å²) in [4.78, 5) is 41.0. The van der Waals surface area contributed by atoms with E-state index in [0.29, 0.717) is 36.4 Å². The number of hydrogen-bond donors (Lipinski definition) is 2. The highest BCUT2D eigenvalue weighted by Crippen LogP contribution is 2.43. The van der Waals surface area contributed by atoms with Crippen molar-refractivity contribution in [1.82, 2.24) is 40.0 Å². The Morgan fingerprint density at radius 1 is 0.947 bits per heavy atom. The summed E-state index contributed by atoms with van der Waals surface area (Å²) in [6.07, 6.45) is 18.6. The summed E-state index contributed by atoms with van der Waals surface area (Å²) in [7, 11) is 0.